The van der Waals surface area contributed by atoms with Gasteiger partial charge in [0, 0.05) is 5.02 Å². The van der Waals surface area contributed by atoms with Gasteiger partial charge < -0.3 is 0 Å². The highest BCUT2D eigenvalue weighted by Gasteiger charge is 2.40. The van der Waals surface area contributed by atoms with E-state index in [0.717, 1.165) is 24.2 Å². The average Bonchev–Trinajstić information content (AvgIpc) is 3.20. The monoisotopic (exact) mass is 371 g/mol. The topological polar surface area (TPSA) is 41.6 Å². The Morgan fingerprint density at radius 2 is 1.96 bits per heavy atom. The van der Waals surface area contributed by atoms with E-state index in [1.807, 2.05) is 18.2 Å². The van der Waals surface area contributed by atoms with Gasteiger partial charge in [0.1, 0.15) is 12.2 Å². The van der Waals surface area contributed by atoms with Gasteiger partial charge in [-0.3, -0.25) is 5.10 Å². The minimum atomic E-state index is -0.580. The molecule has 4 heteroatoms. The molecular weight excluding hydrogens is 354 g/mol. The predicted octanol–water partition coefficient (Wildman–Crippen LogP) is 5.47. The standard InChI is InChI=1S/C23H18ClN3/c24-18-8-5-7-17(14-18)23(22-25-15-26-27-22)13-12-16-6-1-2-9-19(16)20-10-3-4-11-21(20)23/h1,3-8,10-15H,2,9H2,(H,25,26,27). The second-order valence-corrected chi connectivity index (χ2v) is 7.34. The summed E-state index contributed by atoms with van der Waals surface area (Å²) in [6.07, 6.45) is 12.6. The van der Waals surface area contributed by atoms with Crippen molar-refractivity contribution < 1.29 is 0 Å². The molecule has 2 aliphatic carbocycles. The molecule has 1 heterocycles. The van der Waals surface area contributed by atoms with E-state index in [0.29, 0.717) is 5.02 Å². The van der Waals surface area contributed by atoms with Crippen molar-refractivity contribution in [1.82, 2.24) is 15.2 Å². The van der Waals surface area contributed by atoms with Crippen molar-refractivity contribution in [2.24, 2.45) is 0 Å². The van der Waals surface area contributed by atoms with Crippen LogP contribution in [0.4, 0.5) is 0 Å². The lowest BCUT2D eigenvalue weighted by Gasteiger charge is -2.31. The molecule has 0 saturated carbocycles. The van der Waals surface area contributed by atoms with Gasteiger partial charge in [-0.15, -0.1) is 0 Å². The Bertz CT molecular complexity index is 1090. The molecule has 1 unspecified atom stereocenters. The molecule has 0 spiro atoms. The summed E-state index contributed by atoms with van der Waals surface area (Å²) in [5.74, 6) is 0.789. The minimum absolute atomic E-state index is 0.580. The molecule has 132 valence electrons. The zero-order valence-electron chi connectivity index (χ0n) is 14.7. The van der Waals surface area contributed by atoms with Crippen molar-refractivity contribution in [1.29, 1.82) is 0 Å². The van der Waals surface area contributed by atoms with E-state index in [9.17, 15) is 0 Å². The van der Waals surface area contributed by atoms with Gasteiger partial charge in [-0.05, 0) is 52.8 Å². The van der Waals surface area contributed by atoms with E-state index in [-0.39, 0.29) is 0 Å². The molecule has 0 aliphatic heterocycles. The molecule has 1 atom stereocenters. The van der Waals surface area contributed by atoms with Gasteiger partial charge in [-0.1, -0.05) is 72.3 Å². The number of nitrogens with one attached hydrogen (secondary N) is 1. The molecule has 0 amide bonds. The zero-order valence-corrected chi connectivity index (χ0v) is 15.4. The number of H-pyrrole nitrogens is 1. The van der Waals surface area contributed by atoms with Crippen molar-refractivity contribution in [3.05, 3.63) is 112 Å². The van der Waals surface area contributed by atoms with Crippen molar-refractivity contribution in [3.8, 4) is 0 Å². The molecule has 1 N–H and O–H groups in total. The van der Waals surface area contributed by atoms with Crippen LogP contribution in [0.25, 0.3) is 5.57 Å². The first-order valence-corrected chi connectivity index (χ1v) is 9.47. The van der Waals surface area contributed by atoms with Gasteiger partial charge in [0.25, 0.3) is 0 Å². The Balaban J connectivity index is 1.89. The number of rotatable bonds is 2. The second kappa shape index (κ2) is 6.36. The summed E-state index contributed by atoms with van der Waals surface area (Å²) < 4.78 is 0. The van der Waals surface area contributed by atoms with Crippen LogP contribution < -0.4 is 0 Å². The van der Waals surface area contributed by atoms with E-state index in [2.05, 4.69) is 69.8 Å². The van der Waals surface area contributed by atoms with Crippen LogP contribution in [0.2, 0.25) is 5.02 Å². The number of aromatic nitrogens is 3. The lowest BCUT2D eigenvalue weighted by Crippen LogP contribution is -2.29. The number of hydrogen-bond donors (Lipinski definition) is 1. The summed E-state index contributed by atoms with van der Waals surface area (Å²) in [4.78, 5) is 4.58. The third kappa shape index (κ3) is 2.50. The first-order chi connectivity index (χ1) is 13.3. The number of aromatic amines is 1. The predicted molar refractivity (Wildman–Crippen MR) is 109 cm³/mol. The van der Waals surface area contributed by atoms with Crippen molar-refractivity contribution >= 4 is 17.2 Å². The van der Waals surface area contributed by atoms with Crippen LogP contribution in [0.3, 0.4) is 0 Å². The van der Waals surface area contributed by atoms with Gasteiger partial charge in [0.15, 0.2) is 0 Å². The molecule has 0 bridgehead atoms. The molecule has 0 radical (unpaired) electrons. The Labute approximate surface area is 163 Å². The van der Waals surface area contributed by atoms with E-state index >= 15 is 0 Å². The summed E-state index contributed by atoms with van der Waals surface area (Å²) >= 11 is 6.39. The van der Waals surface area contributed by atoms with Gasteiger partial charge in [-0.25, -0.2) is 4.98 Å². The number of hydrogen-bond acceptors (Lipinski definition) is 2. The smallest absolute Gasteiger partial charge is 0.143 e. The molecular formula is C23H18ClN3. The fourth-order valence-electron chi connectivity index (χ4n) is 4.25. The Morgan fingerprint density at radius 1 is 1.04 bits per heavy atom. The van der Waals surface area contributed by atoms with Crippen LogP contribution in [-0.2, 0) is 5.41 Å². The third-order valence-corrected chi connectivity index (χ3v) is 5.70. The van der Waals surface area contributed by atoms with Crippen LogP contribution in [-0.4, -0.2) is 15.2 Å². The lowest BCUT2D eigenvalue weighted by molar-refractivity contribution is 0.709. The number of allylic oxidation sites excluding steroid dienone is 6. The Morgan fingerprint density at radius 3 is 2.81 bits per heavy atom. The number of benzene rings is 2. The van der Waals surface area contributed by atoms with E-state index in [1.54, 1.807) is 6.33 Å². The summed E-state index contributed by atoms with van der Waals surface area (Å²) in [6, 6.07) is 16.6. The second-order valence-electron chi connectivity index (χ2n) is 6.91. The normalized spacial score (nSPS) is 20.9. The van der Waals surface area contributed by atoms with Gasteiger partial charge in [-0.2, -0.15) is 5.10 Å². The van der Waals surface area contributed by atoms with Crippen molar-refractivity contribution in [2.75, 3.05) is 0 Å². The number of halogens is 1. The largest absolute Gasteiger partial charge is 0.262 e. The third-order valence-electron chi connectivity index (χ3n) is 5.47. The summed E-state index contributed by atoms with van der Waals surface area (Å²) in [7, 11) is 0. The molecule has 1 aromatic heterocycles. The Hall–Kier alpha value is -2.91. The van der Waals surface area contributed by atoms with E-state index in [4.69, 9.17) is 11.6 Å². The molecule has 27 heavy (non-hydrogen) atoms. The SMILES string of the molecule is Clc1cccc(C2(c3ncn[nH]3)C=CC3=C(CCC=C3)c3ccccc32)c1. The first kappa shape index (κ1) is 16.3. The maximum Gasteiger partial charge on any atom is 0.143 e. The summed E-state index contributed by atoms with van der Waals surface area (Å²) in [5.41, 5.74) is 5.59. The highest BCUT2D eigenvalue weighted by molar-refractivity contribution is 6.30. The molecule has 3 nitrogen and oxygen atoms in total. The van der Waals surface area contributed by atoms with Crippen LogP contribution >= 0.6 is 11.6 Å². The fourth-order valence-corrected chi connectivity index (χ4v) is 4.44. The van der Waals surface area contributed by atoms with Crippen molar-refractivity contribution in [2.45, 2.75) is 18.3 Å². The number of fused-ring (bicyclic) bond motifs is 2. The summed E-state index contributed by atoms with van der Waals surface area (Å²) in [6.45, 7) is 0. The maximum atomic E-state index is 6.39. The zero-order chi connectivity index (χ0) is 18.3. The first-order valence-electron chi connectivity index (χ1n) is 9.10. The van der Waals surface area contributed by atoms with Crippen LogP contribution in [0.1, 0.15) is 35.4 Å². The van der Waals surface area contributed by atoms with Gasteiger partial charge in [0.05, 0.1) is 5.41 Å². The molecule has 5 rings (SSSR count). The quantitative estimate of drug-likeness (QED) is 0.649. The Kier molecular flexibility index (Phi) is 3.83. The fraction of sp³-hybridized carbons (Fsp3) is 0.130. The molecule has 2 aliphatic rings. The highest BCUT2D eigenvalue weighted by atomic mass is 35.5. The minimum Gasteiger partial charge on any atom is -0.262 e. The van der Waals surface area contributed by atoms with Crippen LogP contribution in [0, 0.1) is 0 Å². The highest BCUT2D eigenvalue weighted by Crippen LogP contribution is 2.46. The molecule has 3 aromatic rings. The molecule has 0 saturated heterocycles. The average molecular weight is 372 g/mol. The molecule has 0 fully saturated rings. The van der Waals surface area contributed by atoms with Gasteiger partial charge >= 0.3 is 0 Å². The lowest BCUT2D eigenvalue weighted by atomic mass is 9.71. The van der Waals surface area contributed by atoms with Gasteiger partial charge in [0.2, 0.25) is 0 Å². The maximum absolute atomic E-state index is 6.39. The molecule has 2 aromatic carbocycles. The summed E-state index contributed by atoms with van der Waals surface area (Å²) in [5, 5.41) is 7.99. The van der Waals surface area contributed by atoms with Crippen molar-refractivity contribution in [3.63, 3.8) is 0 Å². The van der Waals surface area contributed by atoms with E-state index < -0.39 is 5.41 Å². The van der Waals surface area contributed by atoms with E-state index in [1.165, 1.54) is 22.3 Å². The van der Waals surface area contributed by atoms with Crippen LogP contribution in [0.15, 0.2) is 84.7 Å². The van der Waals surface area contributed by atoms with Crippen LogP contribution in [0.5, 0.6) is 0 Å². The number of nitrogens with zero attached hydrogens (tertiary/aromatic N) is 2.